The summed E-state index contributed by atoms with van der Waals surface area (Å²) in [6.07, 6.45) is 1.36. The molecule has 30 heavy (non-hydrogen) atoms. The maximum atomic E-state index is 9.06. The standard InChI is InChI=1S/C25H31N3O2/c1-19-16-28(11-13-29-19)10-3-12-30-23-8-9-24-22(14-23)17-27(2)18-25(24)21-6-4-20(15-26)5-7-21/h4-9,14,19,25H,3,10-13,16-18H2,1-2H3. The van der Waals surface area contributed by atoms with Crippen molar-refractivity contribution in [1.29, 1.82) is 5.26 Å². The molecule has 5 nitrogen and oxygen atoms in total. The molecule has 2 aliphatic heterocycles. The number of morpholine rings is 1. The molecule has 1 fully saturated rings. The predicted octanol–water partition coefficient (Wildman–Crippen LogP) is 3.63. The van der Waals surface area contributed by atoms with Gasteiger partial charge in [0.15, 0.2) is 0 Å². The van der Waals surface area contributed by atoms with Gasteiger partial charge in [0.25, 0.3) is 0 Å². The molecule has 2 atom stereocenters. The third-order valence-corrected chi connectivity index (χ3v) is 6.08. The van der Waals surface area contributed by atoms with Crippen molar-refractivity contribution in [2.75, 3.05) is 46.4 Å². The van der Waals surface area contributed by atoms with Crippen LogP contribution in [0.1, 0.15) is 41.5 Å². The van der Waals surface area contributed by atoms with Gasteiger partial charge >= 0.3 is 0 Å². The molecule has 0 spiro atoms. The van der Waals surface area contributed by atoms with E-state index < -0.39 is 0 Å². The van der Waals surface area contributed by atoms with Crippen molar-refractivity contribution in [3.05, 3.63) is 64.7 Å². The first-order valence-corrected chi connectivity index (χ1v) is 10.9. The summed E-state index contributed by atoms with van der Waals surface area (Å²) in [5.41, 5.74) is 4.67. The Labute approximate surface area is 179 Å². The number of fused-ring (bicyclic) bond motifs is 1. The highest BCUT2D eigenvalue weighted by Gasteiger charge is 2.25. The Balaban J connectivity index is 1.38. The van der Waals surface area contributed by atoms with E-state index in [1.165, 1.54) is 16.7 Å². The van der Waals surface area contributed by atoms with Crippen molar-refractivity contribution in [3.8, 4) is 11.8 Å². The first-order valence-electron chi connectivity index (χ1n) is 10.9. The van der Waals surface area contributed by atoms with Crippen LogP contribution in [0.3, 0.4) is 0 Å². The Bertz CT molecular complexity index is 890. The first-order chi connectivity index (χ1) is 14.6. The van der Waals surface area contributed by atoms with Gasteiger partial charge in [-0.05, 0) is 61.3 Å². The molecule has 2 heterocycles. The van der Waals surface area contributed by atoms with Crippen LogP contribution in [0.4, 0.5) is 0 Å². The number of rotatable bonds is 6. The number of hydrogen-bond acceptors (Lipinski definition) is 5. The molecular formula is C25H31N3O2. The monoisotopic (exact) mass is 405 g/mol. The second kappa shape index (κ2) is 9.61. The van der Waals surface area contributed by atoms with Crippen LogP contribution in [0, 0.1) is 11.3 Å². The highest BCUT2D eigenvalue weighted by molar-refractivity contribution is 5.45. The van der Waals surface area contributed by atoms with Gasteiger partial charge in [-0.2, -0.15) is 5.26 Å². The summed E-state index contributed by atoms with van der Waals surface area (Å²) in [5.74, 6) is 1.28. The molecule has 158 valence electrons. The largest absolute Gasteiger partial charge is 0.494 e. The SMILES string of the molecule is CC1CN(CCCOc2ccc3c(c2)CN(C)CC3c2ccc(C#N)cc2)CCO1. The van der Waals surface area contributed by atoms with Crippen LogP contribution in [-0.2, 0) is 11.3 Å². The molecule has 0 aromatic heterocycles. The zero-order chi connectivity index (χ0) is 20.9. The number of nitriles is 1. The van der Waals surface area contributed by atoms with Gasteiger partial charge in [-0.25, -0.2) is 0 Å². The summed E-state index contributed by atoms with van der Waals surface area (Å²) in [4.78, 5) is 4.82. The van der Waals surface area contributed by atoms with Gasteiger partial charge in [0.2, 0.25) is 0 Å². The van der Waals surface area contributed by atoms with Gasteiger partial charge in [-0.15, -0.1) is 0 Å². The fourth-order valence-electron chi connectivity index (χ4n) is 4.56. The van der Waals surface area contributed by atoms with Gasteiger partial charge in [0.1, 0.15) is 5.75 Å². The molecule has 2 aromatic rings. The lowest BCUT2D eigenvalue weighted by molar-refractivity contribution is -0.0193. The van der Waals surface area contributed by atoms with E-state index in [1.807, 2.05) is 12.1 Å². The summed E-state index contributed by atoms with van der Waals surface area (Å²) in [5, 5.41) is 9.06. The molecule has 2 aromatic carbocycles. The van der Waals surface area contributed by atoms with Crippen LogP contribution < -0.4 is 4.74 Å². The van der Waals surface area contributed by atoms with Gasteiger partial charge in [-0.1, -0.05) is 18.2 Å². The van der Waals surface area contributed by atoms with E-state index in [-0.39, 0.29) is 0 Å². The Morgan fingerprint density at radius 3 is 2.77 bits per heavy atom. The maximum absolute atomic E-state index is 9.06. The average Bonchev–Trinajstić information content (AvgIpc) is 2.76. The summed E-state index contributed by atoms with van der Waals surface area (Å²) in [6, 6.07) is 16.7. The molecule has 2 unspecified atom stereocenters. The second-order valence-electron chi connectivity index (χ2n) is 8.53. The van der Waals surface area contributed by atoms with Crippen LogP contribution in [0.15, 0.2) is 42.5 Å². The van der Waals surface area contributed by atoms with Gasteiger partial charge in [-0.3, -0.25) is 4.90 Å². The van der Waals surface area contributed by atoms with Crippen molar-refractivity contribution in [2.45, 2.75) is 31.9 Å². The highest BCUT2D eigenvalue weighted by atomic mass is 16.5. The molecule has 4 rings (SSSR count). The van der Waals surface area contributed by atoms with E-state index in [2.05, 4.69) is 60.2 Å². The molecule has 1 saturated heterocycles. The second-order valence-corrected chi connectivity index (χ2v) is 8.53. The van der Waals surface area contributed by atoms with Crippen LogP contribution in [-0.4, -0.2) is 62.3 Å². The number of likely N-dealkylation sites (N-methyl/N-ethyl adjacent to an activating group) is 1. The summed E-state index contributed by atoms with van der Waals surface area (Å²) < 4.78 is 11.7. The van der Waals surface area contributed by atoms with E-state index >= 15 is 0 Å². The number of nitrogens with zero attached hydrogens (tertiary/aromatic N) is 3. The quantitative estimate of drug-likeness (QED) is 0.687. The predicted molar refractivity (Wildman–Crippen MR) is 118 cm³/mol. The summed E-state index contributed by atoms with van der Waals surface area (Å²) >= 11 is 0. The minimum atomic E-state index is 0.323. The van der Waals surface area contributed by atoms with Crippen molar-refractivity contribution in [3.63, 3.8) is 0 Å². The molecule has 0 saturated carbocycles. The fourth-order valence-corrected chi connectivity index (χ4v) is 4.56. The van der Waals surface area contributed by atoms with Crippen molar-refractivity contribution < 1.29 is 9.47 Å². The van der Waals surface area contributed by atoms with E-state index in [4.69, 9.17) is 14.7 Å². The van der Waals surface area contributed by atoms with Crippen molar-refractivity contribution in [1.82, 2.24) is 9.80 Å². The van der Waals surface area contributed by atoms with Crippen LogP contribution in [0.25, 0.3) is 0 Å². The minimum absolute atomic E-state index is 0.323. The summed E-state index contributed by atoms with van der Waals surface area (Å²) in [7, 11) is 2.16. The minimum Gasteiger partial charge on any atom is -0.494 e. The Morgan fingerprint density at radius 1 is 1.17 bits per heavy atom. The fraction of sp³-hybridized carbons (Fsp3) is 0.480. The Morgan fingerprint density at radius 2 is 2.00 bits per heavy atom. The third-order valence-electron chi connectivity index (χ3n) is 6.08. The van der Waals surface area contributed by atoms with Crippen LogP contribution in [0.2, 0.25) is 0 Å². The van der Waals surface area contributed by atoms with Gasteiger partial charge in [0, 0.05) is 38.6 Å². The lowest BCUT2D eigenvalue weighted by atomic mass is 9.84. The number of benzene rings is 2. The average molecular weight is 406 g/mol. The molecule has 0 aliphatic carbocycles. The molecule has 0 bridgehead atoms. The Hall–Kier alpha value is -2.39. The lowest BCUT2D eigenvalue weighted by Gasteiger charge is -2.33. The molecule has 5 heteroatoms. The highest BCUT2D eigenvalue weighted by Crippen LogP contribution is 2.35. The first kappa shape index (κ1) is 20.9. The van der Waals surface area contributed by atoms with E-state index in [9.17, 15) is 0 Å². The molecule has 0 N–H and O–H groups in total. The number of hydrogen-bond donors (Lipinski definition) is 0. The van der Waals surface area contributed by atoms with Crippen molar-refractivity contribution in [2.24, 2.45) is 0 Å². The molecule has 0 radical (unpaired) electrons. The topological polar surface area (TPSA) is 48.7 Å². The Kier molecular flexibility index (Phi) is 6.69. The van der Waals surface area contributed by atoms with Gasteiger partial charge < -0.3 is 14.4 Å². The summed E-state index contributed by atoms with van der Waals surface area (Å²) in [6.45, 7) is 8.72. The third kappa shape index (κ3) is 5.02. The van der Waals surface area contributed by atoms with Crippen LogP contribution >= 0.6 is 0 Å². The maximum Gasteiger partial charge on any atom is 0.119 e. The van der Waals surface area contributed by atoms with E-state index in [0.717, 1.165) is 58.1 Å². The molecule has 2 aliphatic rings. The van der Waals surface area contributed by atoms with Crippen molar-refractivity contribution >= 4 is 0 Å². The zero-order valence-electron chi connectivity index (χ0n) is 18.0. The van der Waals surface area contributed by atoms with Gasteiger partial charge in [0.05, 0.1) is 31.0 Å². The van der Waals surface area contributed by atoms with E-state index in [1.54, 1.807) is 0 Å². The molecular weight excluding hydrogens is 374 g/mol. The normalized spacial score (nSPS) is 22.3. The molecule has 0 amide bonds. The van der Waals surface area contributed by atoms with E-state index in [0.29, 0.717) is 17.6 Å². The van der Waals surface area contributed by atoms with Crippen LogP contribution in [0.5, 0.6) is 5.75 Å². The zero-order valence-corrected chi connectivity index (χ0v) is 18.0. The lowest BCUT2D eigenvalue weighted by Crippen LogP contribution is -2.41. The number of ether oxygens (including phenoxy) is 2. The smallest absolute Gasteiger partial charge is 0.119 e.